The Bertz CT molecular complexity index is 434. The van der Waals surface area contributed by atoms with E-state index in [4.69, 9.17) is 4.74 Å². The zero-order valence-electron chi connectivity index (χ0n) is 14.8. The Kier molecular flexibility index (Phi) is 4.29. The molecule has 0 aliphatic heterocycles. The standard InChI is InChI=1S/C16H30N2O3S/c1-11(18-22(20)14(5,6)7)15-8-16(9-15,10-15)17-12(19)21-13(2,3)4/h11,18H,8-10H2,1-7H3,(H,17,19)/t11-,15?,16?,22-/m0/s1. The van der Waals surface area contributed by atoms with Crippen molar-refractivity contribution in [3.05, 3.63) is 0 Å². The molecule has 0 saturated heterocycles. The van der Waals surface area contributed by atoms with E-state index in [9.17, 15) is 9.35 Å². The Morgan fingerprint density at radius 1 is 1.18 bits per heavy atom. The van der Waals surface area contributed by atoms with E-state index in [0.29, 0.717) is 0 Å². The molecule has 2 N–H and O–H groups in total. The van der Waals surface area contributed by atoms with Gasteiger partial charge in [-0.05, 0) is 73.1 Å². The summed E-state index contributed by atoms with van der Waals surface area (Å²) in [5, 5.41) is 3.01. The normalized spacial score (nSPS) is 33.3. The first-order chi connectivity index (χ1) is 9.77. The van der Waals surface area contributed by atoms with Gasteiger partial charge in [0, 0.05) is 16.9 Å². The van der Waals surface area contributed by atoms with E-state index in [1.54, 1.807) is 0 Å². The number of ether oxygens (including phenoxy) is 1. The van der Waals surface area contributed by atoms with Crippen LogP contribution in [0.3, 0.4) is 0 Å². The van der Waals surface area contributed by atoms with Crippen LogP contribution in [-0.2, 0) is 16.1 Å². The number of carbonyl (C=O) groups is 1. The third kappa shape index (κ3) is 3.54. The quantitative estimate of drug-likeness (QED) is 0.777. The third-order valence-corrected chi connectivity index (χ3v) is 6.28. The minimum Gasteiger partial charge on any atom is -0.598 e. The fourth-order valence-corrected chi connectivity index (χ4v) is 4.37. The van der Waals surface area contributed by atoms with Crippen LogP contribution in [0.2, 0.25) is 0 Å². The Morgan fingerprint density at radius 2 is 1.68 bits per heavy atom. The summed E-state index contributed by atoms with van der Waals surface area (Å²) < 4.78 is 20.5. The lowest BCUT2D eigenvalue weighted by atomic mass is 9.37. The summed E-state index contributed by atoms with van der Waals surface area (Å²) in [5.41, 5.74) is -0.388. The SMILES string of the molecule is C[C@H](N[S@@+]([O-])C(C)(C)C)C12CC(NC(=O)OC(C)(C)C)(C1)C2. The first kappa shape index (κ1) is 17.9. The van der Waals surface area contributed by atoms with Gasteiger partial charge in [-0.3, -0.25) is 0 Å². The summed E-state index contributed by atoms with van der Waals surface area (Å²) in [5.74, 6) is 0. The Morgan fingerprint density at radius 3 is 2.09 bits per heavy atom. The Hall–Kier alpha value is -0.460. The largest absolute Gasteiger partial charge is 0.598 e. The monoisotopic (exact) mass is 330 g/mol. The zero-order chi connectivity index (χ0) is 17.0. The molecule has 0 aromatic heterocycles. The van der Waals surface area contributed by atoms with E-state index < -0.39 is 17.0 Å². The third-order valence-electron chi connectivity index (χ3n) is 4.60. The van der Waals surface area contributed by atoms with Crippen molar-refractivity contribution >= 4 is 17.5 Å². The van der Waals surface area contributed by atoms with Crippen LogP contribution in [0.1, 0.15) is 67.7 Å². The molecule has 128 valence electrons. The number of hydrogen-bond donors (Lipinski definition) is 2. The van der Waals surface area contributed by atoms with Crippen LogP contribution >= 0.6 is 0 Å². The molecule has 0 unspecified atom stereocenters. The topological polar surface area (TPSA) is 73.4 Å². The molecule has 3 aliphatic rings. The van der Waals surface area contributed by atoms with E-state index >= 15 is 0 Å². The highest BCUT2D eigenvalue weighted by atomic mass is 32.2. The van der Waals surface area contributed by atoms with Crippen LogP contribution in [0, 0.1) is 5.41 Å². The minimum absolute atomic E-state index is 0.0957. The Labute approximate surface area is 137 Å². The number of rotatable bonds is 4. The van der Waals surface area contributed by atoms with Gasteiger partial charge in [0.25, 0.3) is 0 Å². The number of carbonyl (C=O) groups excluding carboxylic acids is 1. The van der Waals surface area contributed by atoms with Gasteiger partial charge in [-0.25, -0.2) is 4.79 Å². The number of amides is 1. The lowest BCUT2D eigenvalue weighted by Crippen LogP contribution is -2.79. The predicted octanol–water partition coefficient (Wildman–Crippen LogP) is 2.87. The Balaban J connectivity index is 1.80. The van der Waals surface area contributed by atoms with Crippen molar-refractivity contribution in [1.82, 2.24) is 10.0 Å². The van der Waals surface area contributed by atoms with Gasteiger partial charge in [0.1, 0.15) is 10.3 Å². The van der Waals surface area contributed by atoms with Crippen molar-refractivity contribution < 1.29 is 14.1 Å². The molecule has 2 bridgehead atoms. The maximum atomic E-state index is 12.2. The van der Waals surface area contributed by atoms with E-state index in [-0.39, 0.29) is 27.8 Å². The van der Waals surface area contributed by atoms with Crippen LogP contribution in [0.5, 0.6) is 0 Å². The lowest BCUT2D eigenvalue weighted by Gasteiger charge is -2.72. The number of nitrogens with one attached hydrogen (secondary N) is 2. The van der Waals surface area contributed by atoms with E-state index in [1.165, 1.54) is 0 Å². The van der Waals surface area contributed by atoms with Crippen molar-refractivity contribution in [3.63, 3.8) is 0 Å². The van der Waals surface area contributed by atoms with Crippen LogP contribution in [0.25, 0.3) is 0 Å². The molecule has 3 rings (SSSR count). The predicted molar refractivity (Wildman–Crippen MR) is 88.9 cm³/mol. The van der Waals surface area contributed by atoms with Gasteiger partial charge in [-0.2, -0.15) is 0 Å². The average Bonchev–Trinajstić information content (AvgIpc) is 2.16. The van der Waals surface area contributed by atoms with Gasteiger partial charge < -0.3 is 14.6 Å². The molecular weight excluding hydrogens is 300 g/mol. The summed E-state index contributed by atoms with van der Waals surface area (Å²) in [6.07, 6.45) is 2.48. The van der Waals surface area contributed by atoms with Gasteiger partial charge in [0.05, 0.1) is 6.04 Å². The van der Waals surface area contributed by atoms with Gasteiger partial charge in [0.15, 0.2) is 0 Å². The molecule has 6 heteroatoms. The van der Waals surface area contributed by atoms with Gasteiger partial charge in [-0.1, -0.05) is 0 Å². The van der Waals surface area contributed by atoms with E-state index in [0.717, 1.165) is 19.3 Å². The van der Waals surface area contributed by atoms with E-state index in [2.05, 4.69) is 17.0 Å². The number of hydrogen-bond acceptors (Lipinski definition) is 4. The van der Waals surface area contributed by atoms with Crippen molar-refractivity contribution in [2.24, 2.45) is 5.41 Å². The smallest absolute Gasteiger partial charge is 0.408 e. The molecule has 22 heavy (non-hydrogen) atoms. The van der Waals surface area contributed by atoms with Gasteiger partial charge in [-0.15, -0.1) is 4.72 Å². The highest BCUT2D eigenvalue weighted by molar-refractivity contribution is 7.90. The lowest BCUT2D eigenvalue weighted by molar-refractivity contribution is -0.166. The van der Waals surface area contributed by atoms with Crippen molar-refractivity contribution in [3.8, 4) is 0 Å². The molecule has 5 nitrogen and oxygen atoms in total. The molecule has 3 saturated carbocycles. The fraction of sp³-hybridized carbons (Fsp3) is 0.938. The van der Waals surface area contributed by atoms with Crippen LogP contribution in [0.4, 0.5) is 4.79 Å². The highest BCUT2D eigenvalue weighted by Crippen LogP contribution is 2.68. The first-order valence-electron chi connectivity index (χ1n) is 7.96. The molecule has 1 amide bonds. The molecule has 3 aliphatic carbocycles. The molecule has 0 aromatic carbocycles. The molecule has 0 radical (unpaired) electrons. The van der Waals surface area contributed by atoms with Crippen molar-refractivity contribution in [2.75, 3.05) is 0 Å². The molecule has 2 atom stereocenters. The van der Waals surface area contributed by atoms with Crippen LogP contribution in [0.15, 0.2) is 0 Å². The minimum atomic E-state index is -1.06. The molecule has 0 heterocycles. The second-order valence-electron chi connectivity index (χ2n) is 9.02. The van der Waals surface area contributed by atoms with Crippen LogP contribution < -0.4 is 10.0 Å². The highest BCUT2D eigenvalue weighted by Gasteiger charge is 2.71. The average molecular weight is 330 g/mol. The molecule has 0 aromatic rings. The van der Waals surface area contributed by atoms with Crippen LogP contribution in [-0.4, -0.2) is 32.6 Å². The molecular formula is C16H30N2O3S. The van der Waals surface area contributed by atoms with Gasteiger partial charge >= 0.3 is 6.09 Å². The summed E-state index contributed by atoms with van der Waals surface area (Å²) in [4.78, 5) is 11.9. The molecule has 3 fully saturated rings. The maximum absolute atomic E-state index is 12.2. The zero-order valence-corrected chi connectivity index (χ0v) is 15.6. The van der Waals surface area contributed by atoms with Gasteiger partial charge in [0.2, 0.25) is 0 Å². The summed E-state index contributed by atoms with van der Waals surface area (Å²) in [6, 6.07) is 0.190. The number of alkyl carbamates (subject to hydrolysis) is 1. The van der Waals surface area contributed by atoms with Crippen molar-refractivity contribution in [1.29, 1.82) is 0 Å². The summed E-state index contributed by atoms with van der Waals surface area (Å²) >= 11 is -1.06. The maximum Gasteiger partial charge on any atom is 0.408 e. The van der Waals surface area contributed by atoms with Crippen molar-refractivity contribution in [2.45, 2.75) is 89.7 Å². The summed E-state index contributed by atoms with van der Waals surface area (Å²) in [6.45, 7) is 13.6. The second kappa shape index (κ2) is 5.28. The molecule has 0 spiro atoms. The second-order valence-corrected chi connectivity index (χ2v) is 11.0. The fourth-order valence-electron chi connectivity index (χ4n) is 3.44. The first-order valence-corrected chi connectivity index (χ1v) is 9.11. The van der Waals surface area contributed by atoms with E-state index in [1.807, 2.05) is 41.5 Å². The summed E-state index contributed by atoms with van der Waals surface area (Å²) in [7, 11) is 0.